The minimum Gasteiger partial charge on any atom is -0.436 e. The van der Waals surface area contributed by atoms with Gasteiger partial charge in [0.25, 0.3) is 0 Å². The van der Waals surface area contributed by atoms with Gasteiger partial charge in [-0.25, -0.2) is 9.37 Å². The minimum atomic E-state index is -0.634. The van der Waals surface area contributed by atoms with E-state index in [1.54, 1.807) is 19.1 Å². The first-order valence-electron chi connectivity index (χ1n) is 5.33. The van der Waals surface area contributed by atoms with Crippen molar-refractivity contribution in [2.24, 2.45) is 0 Å². The molecule has 94 valence electrons. The molecule has 0 aliphatic carbocycles. The molecular weight excluding hydrogens is 257 g/mol. The van der Waals surface area contributed by atoms with E-state index in [1.165, 1.54) is 18.3 Å². The van der Waals surface area contributed by atoms with E-state index in [0.29, 0.717) is 10.6 Å². The minimum absolute atomic E-state index is 0.0367. The standard InChI is InChI=1S/C13H11ClFNO2/c1-8(17)9-4-5-16-13(6-9)18-12-3-2-10(14)7-11(12)15/h2-8,17H,1H3/t8-/m1/s1. The highest BCUT2D eigenvalue weighted by molar-refractivity contribution is 6.30. The predicted octanol–water partition coefficient (Wildman–Crippen LogP) is 3.72. The summed E-state index contributed by atoms with van der Waals surface area (Å²) in [5.74, 6) is -0.309. The lowest BCUT2D eigenvalue weighted by atomic mass is 10.2. The van der Waals surface area contributed by atoms with Crippen molar-refractivity contribution in [2.45, 2.75) is 13.0 Å². The molecule has 0 spiro atoms. The molecule has 0 fully saturated rings. The molecule has 0 saturated carbocycles. The molecule has 18 heavy (non-hydrogen) atoms. The van der Waals surface area contributed by atoms with Crippen LogP contribution in [0.3, 0.4) is 0 Å². The predicted molar refractivity (Wildman–Crippen MR) is 66.4 cm³/mol. The number of benzene rings is 1. The van der Waals surface area contributed by atoms with Crippen molar-refractivity contribution in [2.75, 3.05) is 0 Å². The molecule has 0 amide bonds. The van der Waals surface area contributed by atoms with Crippen LogP contribution in [0.4, 0.5) is 4.39 Å². The third-order valence-electron chi connectivity index (χ3n) is 2.35. The molecule has 0 saturated heterocycles. The molecule has 0 unspecified atom stereocenters. The maximum absolute atomic E-state index is 13.5. The van der Waals surface area contributed by atoms with Crippen molar-refractivity contribution in [1.82, 2.24) is 4.98 Å². The number of rotatable bonds is 3. The van der Waals surface area contributed by atoms with Gasteiger partial charge in [0, 0.05) is 17.3 Å². The normalized spacial score (nSPS) is 12.2. The number of pyridine rings is 1. The Hall–Kier alpha value is -1.65. The van der Waals surface area contributed by atoms with Gasteiger partial charge in [0.05, 0.1) is 6.10 Å². The highest BCUT2D eigenvalue weighted by Crippen LogP contribution is 2.26. The van der Waals surface area contributed by atoms with E-state index < -0.39 is 11.9 Å². The molecule has 0 aliphatic heterocycles. The van der Waals surface area contributed by atoms with Gasteiger partial charge in [0.15, 0.2) is 11.6 Å². The molecule has 2 aromatic rings. The van der Waals surface area contributed by atoms with Gasteiger partial charge in [0.2, 0.25) is 5.88 Å². The summed E-state index contributed by atoms with van der Waals surface area (Å²) in [6.45, 7) is 1.63. The summed E-state index contributed by atoms with van der Waals surface area (Å²) in [6.07, 6.45) is 0.857. The summed E-state index contributed by atoms with van der Waals surface area (Å²) in [7, 11) is 0. The Morgan fingerprint density at radius 1 is 1.33 bits per heavy atom. The highest BCUT2D eigenvalue weighted by Gasteiger charge is 2.08. The summed E-state index contributed by atoms with van der Waals surface area (Å²) in [4.78, 5) is 3.95. The van der Waals surface area contributed by atoms with Crippen molar-refractivity contribution in [3.05, 3.63) is 52.9 Å². The molecule has 1 heterocycles. The average Bonchev–Trinajstić information content (AvgIpc) is 2.33. The number of aliphatic hydroxyl groups excluding tert-OH is 1. The van der Waals surface area contributed by atoms with E-state index in [2.05, 4.69) is 4.98 Å². The van der Waals surface area contributed by atoms with Crippen LogP contribution in [0.1, 0.15) is 18.6 Å². The van der Waals surface area contributed by atoms with E-state index in [0.717, 1.165) is 6.07 Å². The molecule has 0 bridgehead atoms. The van der Waals surface area contributed by atoms with Gasteiger partial charge >= 0.3 is 0 Å². The summed E-state index contributed by atoms with van der Waals surface area (Å²) in [5.41, 5.74) is 0.648. The Morgan fingerprint density at radius 2 is 2.11 bits per heavy atom. The molecule has 2 rings (SSSR count). The Labute approximate surface area is 109 Å². The van der Waals surface area contributed by atoms with E-state index in [-0.39, 0.29) is 11.6 Å². The monoisotopic (exact) mass is 267 g/mol. The van der Waals surface area contributed by atoms with Crippen LogP contribution in [-0.2, 0) is 0 Å². The van der Waals surface area contributed by atoms with Crippen LogP contribution in [0, 0.1) is 5.82 Å². The fourth-order valence-electron chi connectivity index (χ4n) is 1.41. The van der Waals surface area contributed by atoms with Gasteiger partial charge < -0.3 is 9.84 Å². The number of nitrogens with zero attached hydrogens (tertiary/aromatic N) is 1. The second-order valence-electron chi connectivity index (χ2n) is 3.78. The lowest BCUT2D eigenvalue weighted by Crippen LogP contribution is -1.95. The van der Waals surface area contributed by atoms with E-state index in [1.807, 2.05) is 0 Å². The Morgan fingerprint density at radius 3 is 2.78 bits per heavy atom. The number of aromatic nitrogens is 1. The lowest BCUT2D eigenvalue weighted by Gasteiger charge is -2.08. The average molecular weight is 268 g/mol. The second-order valence-corrected chi connectivity index (χ2v) is 4.22. The first kappa shape index (κ1) is 12.8. The first-order chi connectivity index (χ1) is 8.56. The molecule has 0 aliphatic rings. The van der Waals surface area contributed by atoms with Gasteiger partial charge in [0.1, 0.15) is 0 Å². The molecule has 3 nitrogen and oxygen atoms in total. The zero-order valence-electron chi connectivity index (χ0n) is 9.60. The van der Waals surface area contributed by atoms with E-state index in [9.17, 15) is 9.50 Å². The maximum Gasteiger partial charge on any atom is 0.219 e. The third-order valence-corrected chi connectivity index (χ3v) is 2.58. The Bertz CT molecular complexity index is 560. The van der Waals surface area contributed by atoms with Crippen molar-refractivity contribution in [3.8, 4) is 11.6 Å². The molecule has 1 aromatic carbocycles. The van der Waals surface area contributed by atoms with Crippen LogP contribution in [0.5, 0.6) is 11.6 Å². The van der Waals surface area contributed by atoms with Crippen molar-refractivity contribution < 1.29 is 14.2 Å². The highest BCUT2D eigenvalue weighted by atomic mass is 35.5. The zero-order chi connectivity index (χ0) is 13.1. The van der Waals surface area contributed by atoms with Crippen molar-refractivity contribution in [3.63, 3.8) is 0 Å². The molecular formula is C13H11ClFNO2. The number of hydrogen-bond donors (Lipinski definition) is 1. The molecule has 0 radical (unpaired) electrons. The third kappa shape index (κ3) is 2.97. The number of ether oxygens (including phenoxy) is 1. The van der Waals surface area contributed by atoms with Crippen LogP contribution in [-0.4, -0.2) is 10.1 Å². The number of aliphatic hydroxyl groups is 1. The fourth-order valence-corrected chi connectivity index (χ4v) is 1.57. The van der Waals surface area contributed by atoms with Crippen LogP contribution in [0.15, 0.2) is 36.5 Å². The number of hydrogen-bond acceptors (Lipinski definition) is 3. The van der Waals surface area contributed by atoms with Gasteiger partial charge in [-0.05, 0) is 36.8 Å². The van der Waals surface area contributed by atoms with Gasteiger partial charge in [-0.2, -0.15) is 0 Å². The Kier molecular flexibility index (Phi) is 3.79. The molecule has 1 aromatic heterocycles. The Balaban J connectivity index is 2.25. The van der Waals surface area contributed by atoms with Crippen LogP contribution >= 0.6 is 11.6 Å². The van der Waals surface area contributed by atoms with Crippen LogP contribution < -0.4 is 4.74 Å². The van der Waals surface area contributed by atoms with Crippen molar-refractivity contribution in [1.29, 1.82) is 0 Å². The van der Waals surface area contributed by atoms with Gasteiger partial charge in [-0.15, -0.1) is 0 Å². The van der Waals surface area contributed by atoms with E-state index >= 15 is 0 Å². The lowest BCUT2D eigenvalue weighted by molar-refractivity contribution is 0.198. The first-order valence-corrected chi connectivity index (χ1v) is 5.71. The molecule has 1 N–H and O–H groups in total. The maximum atomic E-state index is 13.5. The molecule has 1 atom stereocenters. The molecule has 5 heteroatoms. The quantitative estimate of drug-likeness (QED) is 0.922. The summed E-state index contributed by atoms with van der Waals surface area (Å²) in [5, 5.41) is 9.73. The largest absolute Gasteiger partial charge is 0.436 e. The number of halogens is 2. The summed E-state index contributed by atoms with van der Waals surface area (Å²) in [6, 6.07) is 7.33. The van der Waals surface area contributed by atoms with E-state index in [4.69, 9.17) is 16.3 Å². The van der Waals surface area contributed by atoms with Gasteiger partial charge in [-0.1, -0.05) is 11.6 Å². The smallest absolute Gasteiger partial charge is 0.219 e. The van der Waals surface area contributed by atoms with Crippen LogP contribution in [0.25, 0.3) is 0 Å². The van der Waals surface area contributed by atoms with Crippen molar-refractivity contribution >= 4 is 11.6 Å². The summed E-state index contributed by atoms with van der Waals surface area (Å²) < 4.78 is 18.8. The van der Waals surface area contributed by atoms with Gasteiger partial charge in [-0.3, -0.25) is 0 Å². The second kappa shape index (κ2) is 5.33. The van der Waals surface area contributed by atoms with Crippen LogP contribution in [0.2, 0.25) is 5.02 Å². The SMILES string of the molecule is C[C@@H](O)c1ccnc(Oc2ccc(Cl)cc2F)c1. The topological polar surface area (TPSA) is 42.4 Å². The fraction of sp³-hybridized carbons (Fsp3) is 0.154. The zero-order valence-corrected chi connectivity index (χ0v) is 10.4. The summed E-state index contributed by atoms with van der Waals surface area (Å²) >= 11 is 5.64.